The summed E-state index contributed by atoms with van der Waals surface area (Å²) in [6, 6.07) is 13.4. The van der Waals surface area contributed by atoms with Gasteiger partial charge in [0, 0.05) is 11.6 Å². The highest BCUT2D eigenvalue weighted by Crippen LogP contribution is 2.39. The Labute approximate surface area is 145 Å². The quantitative estimate of drug-likeness (QED) is 0.712. The molecule has 0 amide bonds. The second kappa shape index (κ2) is 6.43. The lowest BCUT2D eigenvalue weighted by Gasteiger charge is -2.39. The SMILES string of the molecule is Cc1ccc(C2(Nc3ccc(C(F)(F)F)cc3)C=CC=CC2C)cc1. The number of hydrogen-bond donors (Lipinski definition) is 1. The molecule has 0 aromatic heterocycles. The maximum atomic E-state index is 12.8. The summed E-state index contributed by atoms with van der Waals surface area (Å²) in [7, 11) is 0. The lowest BCUT2D eigenvalue weighted by Crippen LogP contribution is -2.40. The van der Waals surface area contributed by atoms with E-state index in [0.29, 0.717) is 5.69 Å². The molecular formula is C21H20F3N. The fraction of sp³-hybridized carbons (Fsp3) is 0.238. The standard InChI is InChI=1S/C21H20F3N/c1-15-6-8-17(9-7-15)20(14-4-3-5-16(20)2)25-19-12-10-18(11-13-19)21(22,23)24/h3-14,16,25H,1-2H3. The molecule has 25 heavy (non-hydrogen) atoms. The van der Waals surface area contributed by atoms with Gasteiger partial charge in [-0.05, 0) is 36.8 Å². The molecule has 2 unspecified atom stereocenters. The van der Waals surface area contributed by atoms with E-state index in [1.165, 1.54) is 12.1 Å². The summed E-state index contributed by atoms with van der Waals surface area (Å²) in [5, 5.41) is 3.45. The highest BCUT2D eigenvalue weighted by molar-refractivity contribution is 5.53. The monoisotopic (exact) mass is 343 g/mol. The molecule has 2 atom stereocenters. The molecule has 0 aliphatic heterocycles. The van der Waals surface area contributed by atoms with Gasteiger partial charge in [-0.2, -0.15) is 13.2 Å². The second-order valence-electron chi connectivity index (χ2n) is 6.47. The van der Waals surface area contributed by atoms with E-state index >= 15 is 0 Å². The third-order valence-electron chi connectivity index (χ3n) is 4.68. The smallest absolute Gasteiger partial charge is 0.372 e. The van der Waals surface area contributed by atoms with Crippen molar-refractivity contribution in [3.05, 3.63) is 89.5 Å². The first-order chi connectivity index (χ1) is 11.8. The van der Waals surface area contributed by atoms with Crippen LogP contribution in [0.5, 0.6) is 0 Å². The van der Waals surface area contributed by atoms with Crippen LogP contribution in [0.25, 0.3) is 0 Å². The predicted octanol–water partition coefficient (Wildman–Crippen LogP) is 6.08. The Bertz CT molecular complexity index is 785. The Morgan fingerprint density at radius 2 is 1.56 bits per heavy atom. The van der Waals surface area contributed by atoms with Gasteiger partial charge in [0.05, 0.1) is 11.1 Å². The molecule has 0 radical (unpaired) electrons. The summed E-state index contributed by atoms with van der Waals surface area (Å²) in [6.45, 7) is 4.12. The molecule has 1 aliphatic rings. The van der Waals surface area contributed by atoms with Crippen molar-refractivity contribution in [2.24, 2.45) is 5.92 Å². The van der Waals surface area contributed by atoms with Crippen molar-refractivity contribution in [3.8, 4) is 0 Å². The van der Waals surface area contributed by atoms with E-state index in [2.05, 4.69) is 36.5 Å². The molecule has 0 bridgehead atoms. The number of benzene rings is 2. The van der Waals surface area contributed by atoms with E-state index in [4.69, 9.17) is 0 Å². The van der Waals surface area contributed by atoms with Crippen molar-refractivity contribution in [1.82, 2.24) is 0 Å². The van der Waals surface area contributed by atoms with Gasteiger partial charge >= 0.3 is 6.18 Å². The minimum Gasteiger partial charge on any atom is -0.372 e. The van der Waals surface area contributed by atoms with Crippen LogP contribution in [0.15, 0.2) is 72.8 Å². The van der Waals surface area contributed by atoms with Gasteiger partial charge in [-0.1, -0.05) is 61.1 Å². The van der Waals surface area contributed by atoms with Gasteiger partial charge in [-0.25, -0.2) is 0 Å². The topological polar surface area (TPSA) is 12.0 Å². The van der Waals surface area contributed by atoms with Crippen LogP contribution >= 0.6 is 0 Å². The number of rotatable bonds is 3. The first kappa shape index (κ1) is 17.3. The summed E-state index contributed by atoms with van der Waals surface area (Å²) in [4.78, 5) is 0. The number of nitrogens with one attached hydrogen (secondary N) is 1. The summed E-state index contributed by atoms with van der Waals surface area (Å²) < 4.78 is 38.3. The Morgan fingerprint density at radius 1 is 0.920 bits per heavy atom. The molecule has 2 aromatic carbocycles. The molecular weight excluding hydrogens is 323 g/mol. The van der Waals surface area contributed by atoms with Crippen molar-refractivity contribution in [2.75, 3.05) is 5.32 Å². The van der Waals surface area contributed by atoms with Gasteiger partial charge in [0.25, 0.3) is 0 Å². The van der Waals surface area contributed by atoms with Gasteiger partial charge < -0.3 is 5.32 Å². The van der Waals surface area contributed by atoms with Crippen LogP contribution in [0, 0.1) is 12.8 Å². The minimum absolute atomic E-state index is 0.141. The van der Waals surface area contributed by atoms with Crippen LogP contribution in [0.2, 0.25) is 0 Å². The molecule has 3 rings (SSSR count). The summed E-state index contributed by atoms with van der Waals surface area (Å²) in [5.41, 5.74) is 1.75. The predicted molar refractivity (Wildman–Crippen MR) is 95.4 cm³/mol. The summed E-state index contributed by atoms with van der Waals surface area (Å²) >= 11 is 0. The largest absolute Gasteiger partial charge is 0.416 e. The maximum Gasteiger partial charge on any atom is 0.416 e. The van der Waals surface area contributed by atoms with E-state index in [9.17, 15) is 13.2 Å². The van der Waals surface area contributed by atoms with Gasteiger partial charge in [0.2, 0.25) is 0 Å². The van der Waals surface area contributed by atoms with Gasteiger partial charge in [-0.15, -0.1) is 0 Å². The zero-order chi connectivity index (χ0) is 18.1. The van der Waals surface area contributed by atoms with E-state index in [1.54, 1.807) is 0 Å². The van der Waals surface area contributed by atoms with Crippen molar-refractivity contribution in [2.45, 2.75) is 25.6 Å². The maximum absolute atomic E-state index is 12.8. The highest BCUT2D eigenvalue weighted by Gasteiger charge is 2.36. The fourth-order valence-corrected chi connectivity index (χ4v) is 3.14. The first-order valence-corrected chi connectivity index (χ1v) is 8.20. The third kappa shape index (κ3) is 3.48. The van der Waals surface area contributed by atoms with Crippen LogP contribution in [0.4, 0.5) is 18.9 Å². The molecule has 1 aliphatic carbocycles. The molecule has 2 aromatic rings. The highest BCUT2D eigenvalue weighted by atomic mass is 19.4. The van der Waals surface area contributed by atoms with E-state index in [-0.39, 0.29) is 5.92 Å². The number of anilines is 1. The van der Waals surface area contributed by atoms with Crippen LogP contribution < -0.4 is 5.32 Å². The van der Waals surface area contributed by atoms with Crippen molar-refractivity contribution in [1.29, 1.82) is 0 Å². The van der Waals surface area contributed by atoms with Crippen molar-refractivity contribution >= 4 is 5.69 Å². The van der Waals surface area contributed by atoms with E-state index in [1.807, 2.05) is 31.2 Å². The number of aryl methyl sites for hydroxylation is 1. The van der Waals surface area contributed by atoms with Crippen LogP contribution in [0.1, 0.15) is 23.6 Å². The molecule has 1 N–H and O–H groups in total. The fourth-order valence-electron chi connectivity index (χ4n) is 3.14. The lowest BCUT2D eigenvalue weighted by atomic mass is 9.76. The van der Waals surface area contributed by atoms with Crippen LogP contribution in [-0.2, 0) is 11.7 Å². The normalized spacial score (nSPS) is 22.8. The zero-order valence-electron chi connectivity index (χ0n) is 14.1. The van der Waals surface area contributed by atoms with Gasteiger partial charge in [-0.3, -0.25) is 0 Å². The lowest BCUT2D eigenvalue weighted by molar-refractivity contribution is -0.137. The van der Waals surface area contributed by atoms with Crippen LogP contribution in [-0.4, -0.2) is 0 Å². The number of hydrogen-bond acceptors (Lipinski definition) is 1. The molecule has 130 valence electrons. The minimum atomic E-state index is -4.33. The Morgan fingerprint density at radius 3 is 2.12 bits per heavy atom. The third-order valence-corrected chi connectivity index (χ3v) is 4.68. The molecule has 4 heteroatoms. The molecule has 0 saturated carbocycles. The zero-order valence-corrected chi connectivity index (χ0v) is 14.1. The van der Waals surface area contributed by atoms with Crippen molar-refractivity contribution < 1.29 is 13.2 Å². The second-order valence-corrected chi connectivity index (χ2v) is 6.47. The van der Waals surface area contributed by atoms with Gasteiger partial charge in [0.1, 0.15) is 0 Å². The van der Waals surface area contributed by atoms with Crippen molar-refractivity contribution in [3.63, 3.8) is 0 Å². The average molecular weight is 343 g/mol. The Kier molecular flexibility index (Phi) is 4.46. The Balaban J connectivity index is 1.98. The number of allylic oxidation sites excluding steroid dienone is 2. The van der Waals surface area contributed by atoms with E-state index in [0.717, 1.165) is 23.3 Å². The summed E-state index contributed by atoms with van der Waals surface area (Å²) in [5.74, 6) is 0.141. The number of halogens is 3. The number of alkyl halides is 3. The molecule has 0 heterocycles. The first-order valence-electron chi connectivity index (χ1n) is 8.20. The van der Waals surface area contributed by atoms with E-state index < -0.39 is 17.3 Å². The molecule has 0 saturated heterocycles. The summed E-state index contributed by atoms with van der Waals surface area (Å²) in [6.07, 6.45) is 3.80. The van der Waals surface area contributed by atoms with Crippen LogP contribution in [0.3, 0.4) is 0 Å². The molecule has 0 spiro atoms. The van der Waals surface area contributed by atoms with Gasteiger partial charge in [0.15, 0.2) is 0 Å². The molecule has 0 fully saturated rings. The Hall–Kier alpha value is -2.49. The average Bonchev–Trinajstić information content (AvgIpc) is 2.57. The molecule has 1 nitrogen and oxygen atoms in total.